The number of carbonyl (C=O) groups is 2. The molecule has 2 aromatic carbocycles. The van der Waals surface area contributed by atoms with Crippen LogP contribution in [-0.2, 0) is 9.59 Å². The summed E-state index contributed by atoms with van der Waals surface area (Å²) in [5.41, 5.74) is 1.15. The average Bonchev–Trinajstić information content (AvgIpc) is 2.69. The molecular formula is C21H26N2O5. The molecule has 2 amide bonds. The fourth-order valence-corrected chi connectivity index (χ4v) is 2.74. The maximum atomic E-state index is 12.5. The van der Waals surface area contributed by atoms with Crippen LogP contribution in [0, 0.1) is 0 Å². The van der Waals surface area contributed by atoms with Crippen molar-refractivity contribution < 1.29 is 23.8 Å². The van der Waals surface area contributed by atoms with E-state index in [4.69, 9.17) is 14.2 Å². The highest BCUT2D eigenvalue weighted by molar-refractivity contribution is 5.96. The number of rotatable bonds is 9. The lowest BCUT2D eigenvalue weighted by Crippen LogP contribution is -2.32. The van der Waals surface area contributed by atoms with E-state index in [9.17, 15) is 9.59 Å². The van der Waals surface area contributed by atoms with Gasteiger partial charge in [0, 0.05) is 26.0 Å². The predicted octanol–water partition coefficient (Wildman–Crippen LogP) is 3.48. The minimum Gasteiger partial charge on any atom is -0.497 e. The molecule has 0 spiro atoms. The number of nitrogens with one attached hydrogen (secondary N) is 1. The molecule has 1 N–H and O–H groups in total. The van der Waals surface area contributed by atoms with Crippen molar-refractivity contribution in [1.82, 2.24) is 0 Å². The number of methoxy groups -OCH3 is 2. The van der Waals surface area contributed by atoms with Crippen molar-refractivity contribution >= 4 is 23.2 Å². The van der Waals surface area contributed by atoms with Gasteiger partial charge in [0.15, 0.2) is 0 Å². The molecule has 0 bridgehead atoms. The molecule has 0 fully saturated rings. The van der Waals surface area contributed by atoms with Gasteiger partial charge in [0.1, 0.15) is 17.2 Å². The van der Waals surface area contributed by atoms with Crippen LogP contribution in [0.1, 0.15) is 20.3 Å². The van der Waals surface area contributed by atoms with Gasteiger partial charge in [-0.25, -0.2) is 0 Å². The smallest absolute Gasteiger partial charge is 0.226 e. The second kappa shape index (κ2) is 10.2. The quantitative estimate of drug-likeness (QED) is 0.714. The monoisotopic (exact) mass is 386 g/mol. The Bertz CT molecular complexity index is 822. The molecule has 0 aliphatic carbocycles. The SMILES string of the molecule is CCOc1ccccc1N(CCC(=O)Nc1cc(OC)ccc1OC)C(C)=O. The van der Waals surface area contributed by atoms with Gasteiger partial charge < -0.3 is 24.4 Å². The average molecular weight is 386 g/mol. The Morgan fingerprint density at radius 1 is 1.04 bits per heavy atom. The summed E-state index contributed by atoms with van der Waals surface area (Å²) in [6, 6.07) is 12.4. The molecular weight excluding hydrogens is 360 g/mol. The second-order valence-corrected chi connectivity index (χ2v) is 5.94. The number of para-hydroxylation sites is 2. The molecule has 150 valence electrons. The lowest BCUT2D eigenvalue weighted by molar-refractivity contribution is -0.117. The van der Waals surface area contributed by atoms with Crippen LogP contribution in [0.2, 0.25) is 0 Å². The fraction of sp³-hybridized carbons (Fsp3) is 0.333. The van der Waals surface area contributed by atoms with Gasteiger partial charge in [-0.15, -0.1) is 0 Å². The third-order valence-corrected chi connectivity index (χ3v) is 4.08. The minimum absolute atomic E-state index is 0.112. The van der Waals surface area contributed by atoms with Crippen LogP contribution in [0.4, 0.5) is 11.4 Å². The number of hydrogen-bond acceptors (Lipinski definition) is 5. The highest BCUT2D eigenvalue weighted by atomic mass is 16.5. The lowest BCUT2D eigenvalue weighted by atomic mass is 10.2. The topological polar surface area (TPSA) is 77.1 Å². The van der Waals surface area contributed by atoms with E-state index in [-0.39, 0.29) is 24.8 Å². The Hall–Kier alpha value is -3.22. The van der Waals surface area contributed by atoms with Crippen LogP contribution in [-0.4, -0.2) is 39.2 Å². The summed E-state index contributed by atoms with van der Waals surface area (Å²) in [5, 5.41) is 2.81. The molecule has 0 atom stereocenters. The van der Waals surface area contributed by atoms with Gasteiger partial charge in [0.25, 0.3) is 0 Å². The lowest BCUT2D eigenvalue weighted by Gasteiger charge is -2.23. The van der Waals surface area contributed by atoms with Crippen LogP contribution >= 0.6 is 0 Å². The van der Waals surface area contributed by atoms with Gasteiger partial charge >= 0.3 is 0 Å². The number of nitrogens with zero attached hydrogens (tertiary/aromatic N) is 1. The summed E-state index contributed by atoms with van der Waals surface area (Å²) < 4.78 is 16.1. The van der Waals surface area contributed by atoms with E-state index in [1.165, 1.54) is 18.9 Å². The summed E-state index contributed by atoms with van der Waals surface area (Å²) in [4.78, 5) is 26.2. The third-order valence-electron chi connectivity index (χ3n) is 4.08. The number of anilines is 2. The largest absolute Gasteiger partial charge is 0.497 e. The van der Waals surface area contributed by atoms with Gasteiger partial charge in [0.2, 0.25) is 11.8 Å². The van der Waals surface area contributed by atoms with E-state index < -0.39 is 0 Å². The zero-order valence-electron chi connectivity index (χ0n) is 16.7. The number of benzene rings is 2. The highest BCUT2D eigenvalue weighted by Gasteiger charge is 2.18. The summed E-state index contributed by atoms with van der Waals surface area (Å²) in [6.07, 6.45) is 0.112. The molecule has 0 heterocycles. The Labute approximate surface area is 165 Å². The summed E-state index contributed by atoms with van der Waals surface area (Å²) in [5.74, 6) is 1.33. The van der Waals surface area contributed by atoms with Gasteiger partial charge in [-0.1, -0.05) is 12.1 Å². The third kappa shape index (κ3) is 5.39. The first kappa shape index (κ1) is 21.1. The molecule has 7 nitrogen and oxygen atoms in total. The first-order valence-corrected chi connectivity index (χ1v) is 9.02. The van der Waals surface area contributed by atoms with Crippen molar-refractivity contribution in [2.45, 2.75) is 20.3 Å². The predicted molar refractivity (Wildman–Crippen MR) is 108 cm³/mol. The van der Waals surface area contributed by atoms with E-state index in [0.29, 0.717) is 35.2 Å². The zero-order chi connectivity index (χ0) is 20.5. The number of carbonyl (C=O) groups excluding carboxylic acids is 2. The molecule has 7 heteroatoms. The van der Waals surface area contributed by atoms with E-state index in [0.717, 1.165) is 0 Å². The summed E-state index contributed by atoms with van der Waals surface area (Å²) in [6.45, 7) is 4.05. The minimum atomic E-state index is -0.244. The molecule has 2 aromatic rings. The van der Waals surface area contributed by atoms with Crippen LogP contribution in [0.15, 0.2) is 42.5 Å². The van der Waals surface area contributed by atoms with Crippen molar-refractivity contribution in [3.8, 4) is 17.2 Å². The van der Waals surface area contributed by atoms with Crippen LogP contribution < -0.4 is 24.4 Å². The van der Waals surface area contributed by atoms with Crippen LogP contribution in [0.3, 0.4) is 0 Å². The molecule has 0 radical (unpaired) electrons. The molecule has 0 aromatic heterocycles. The summed E-state index contributed by atoms with van der Waals surface area (Å²) >= 11 is 0. The molecule has 0 aliphatic heterocycles. The summed E-state index contributed by atoms with van der Waals surface area (Å²) in [7, 11) is 3.08. The highest BCUT2D eigenvalue weighted by Crippen LogP contribution is 2.30. The fourth-order valence-electron chi connectivity index (χ4n) is 2.74. The number of amides is 2. The van der Waals surface area contributed by atoms with Crippen LogP contribution in [0.5, 0.6) is 17.2 Å². The van der Waals surface area contributed by atoms with Gasteiger partial charge in [-0.2, -0.15) is 0 Å². The standard InChI is InChI=1S/C21H26N2O5/c1-5-28-20-9-7-6-8-18(20)23(15(2)24)13-12-21(25)22-17-14-16(26-3)10-11-19(17)27-4/h6-11,14H,5,12-13H2,1-4H3,(H,22,25). The maximum absolute atomic E-state index is 12.5. The van der Waals surface area contributed by atoms with Crippen molar-refractivity contribution in [3.63, 3.8) is 0 Å². The molecule has 0 saturated heterocycles. The Balaban J connectivity index is 2.11. The maximum Gasteiger partial charge on any atom is 0.226 e. The molecule has 28 heavy (non-hydrogen) atoms. The second-order valence-electron chi connectivity index (χ2n) is 5.94. The molecule has 0 unspecified atom stereocenters. The molecule has 0 aliphatic rings. The van der Waals surface area contributed by atoms with Crippen molar-refractivity contribution in [2.75, 3.05) is 37.6 Å². The van der Waals surface area contributed by atoms with Gasteiger partial charge in [-0.3, -0.25) is 9.59 Å². The molecule has 2 rings (SSSR count). The number of hydrogen-bond donors (Lipinski definition) is 1. The Kier molecular flexibility index (Phi) is 7.68. The first-order chi connectivity index (χ1) is 13.5. The van der Waals surface area contributed by atoms with Gasteiger partial charge in [0.05, 0.1) is 32.2 Å². The van der Waals surface area contributed by atoms with E-state index in [1.807, 2.05) is 19.1 Å². The van der Waals surface area contributed by atoms with Crippen LogP contribution in [0.25, 0.3) is 0 Å². The van der Waals surface area contributed by atoms with Gasteiger partial charge in [-0.05, 0) is 31.2 Å². The van der Waals surface area contributed by atoms with Crippen molar-refractivity contribution in [2.24, 2.45) is 0 Å². The van der Waals surface area contributed by atoms with E-state index in [1.54, 1.807) is 37.4 Å². The van der Waals surface area contributed by atoms with Crippen molar-refractivity contribution in [3.05, 3.63) is 42.5 Å². The van der Waals surface area contributed by atoms with Crippen molar-refractivity contribution in [1.29, 1.82) is 0 Å². The first-order valence-electron chi connectivity index (χ1n) is 9.02. The zero-order valence-corrected chi connectivity index (χ0v) is 16.7. The Morgan fingerprint density at radius 2 is 1.79 bits per heavy atom. The number of ether oxygens (including phenoxy) is 3. The Morgan fingerprint density at radius 3 is 2.43 bits per heavy atom. The van der Waals surface area contributed by atoms with E-state index >= 15 is 0 Å². The van der Waals surface area contributed by atoms with E-state index in [2.05, 4.69) is 5.32 Å². The molecule has 0 saturated carbocycles. The normalized spacial score (nSPS) is 10.1.